The minimum absolute atomic E-state index is 0.386. The average Bonchev–Trinajstić information content (AvgIpc) is 3.14. The molecule has 0 bridgehead atoms. The Morgan fingerprint density at radius 3 is 1.10 bits per heavy atom. The lowest BCUT2D eigenvalue weighted by Crippen LogP contribution is -2.11. The van der Waals surface area contributed by atoms with Crippen LogP contribution >= 0.6 is 0 Å². The maximum atomic E-state index is 9.25. The van der Waals surface area contributed by atoms with Gasteiger partial charge in [-0.05, 0) is 93.3 Å². The second kappa shape index (κ2) is 12.3. The first-order valence-corrected chi connectivity index (χ1v) is 16.1. The molecule has 0 saturated heterocycles. The van der Waals surface area contributed by atoms with Crippen LogP contribution in [0.1, 0.15) is 11.1 Å². The molecule has 8 aromatic carbocycles. The van der Waals surface area contributed by atoms with Crippen molar-refractivity contribution >= 4 is 66.4 Å². The Morgan fingerprint density at radius 1 is 0.375 bits per heavy atom. The van der Waals surface area contributed by atoms with E-state index >= 15 is 0 Å². The number of anilines is 6. The predicted molar refractivity (Wildman–Crippen MR) is 198 cm³/mol. The van der Waals surface area contributed by atoms with Crippen LogP contribution in [0.4, 0.5) is 34.1 Å². The molecule has 0 heterocycles. The van der Waals surface area contributed by atoms with Gasteiger partial charge in [-0.3, -0.25) is 0 Å². The fourth-order valence-corrected chi connectivity index (χ4v) is 6.88. The maximum Gasteiger partial charge on any atom is 0.0669 e. The third kappa shape index (κ3) is 5.03. The summed E-state index contributed by atoms with van der Waals surface area (Å²) in [7, 11) is 0. The van der Waals surface area contributed by atoms with Gasteiger partial charge in [-0.25, -0.2) is 0 Å². The van der Waals surface area contributed by atoms with Crippen LogP contribution in [0.25, 0.3) is 32.3 Å². The summed E-state index contributed by atoms with van der Waals surface area (Å²) in [5.74, 6) is 0. The van der Waals surface area contributed by atoms with E-state index in [0.717, 1.165) is 45.3 Å². The summed E-state index contributed by atoms with van der Waals surface area (Å²) < 4.78 is 0. The minimum Gasteiger partial charge on any atom is -0.310 e. The van der Waals surface area contributed by atoms with Crippen molar-refractivity contribution in [3.63, 3.8) is 0 Å². The molecule has 8 aromatic rings. The second-order valence-electron chi connectivity index (χ2n) is 11.9. The van der Waals surface area contributed by atoms with Gasteiger partial charge in [0.1, 0.15) is 0 Å². The molecule has 0 saturated carbocycles. The highest BCUT2D eigenvalue weighted by molar-refractivity contribution is 6.28. The van der Waals surface area contributed by atoms with E-state index in [2.05, 4.69) is 143 Å². The number of hydrogen-bond acceptors (Lipinski definition) is 4. The summed E-state index contributed by atoms with van der Waals surface area (Å²) >= 11 is 0. The molecule has 4 nitrogen and oxygen atoms in total. The molecule has 0 aromatic heterocycles. The van der Waals surface area contributed by atoms with Crippen molar-refractivity contribution in [2.75, 3.05) is 9.80 Å². The van der Waals surface area contributed by atoms with Crippen molar-refractivity contribution in [3.05, 3.63) is 169 Å². The highest BCUT2D eigenvalue weighted by atomic mass is 15.1. The lowest BCUT2D eigenvalue weighted by molar-refractivity contribution is 1.24. The molecule has 0 fully saturated rings. The Balaban J connectivity index is 1.36. The Bertz CT molecular complexity index is 2280. The first kappa shape index (κ1) is 28.8. The van der Waals surface area contributed by atoms with Crippen molar-refractivity contribution in [2.45, 2.75) is 12.8 Å². The molecule has 48 heavy (non-hydrogen) atoms. The third-order valence-corrected chi connectivity index (χ3v) is 9.08. The van der Waals surface area contributed by atoms with Crippen molar-refractivity contribution in [1.29, 1.82) is 10.5 Å². The zero-order chi connectivity index (χ0) is 32.5. The molecule has 0 unspecified atom stereocenters. The van der Waals surface area contributed by atoms with Crippen molar-refractivity contribution in [3.8, 4) is 12.1 Å². The van der Waals surface area contributed by atoms with Gasteiger partial charge < -0.3 is 9.80 Å². The van der Waals surface area contributed by atoms with Gasteiger partial charge >= 0.3 is 0 Å². The fourth-order valence-electron chi connectivity index (χ4n) is 6.88. The Hall–Kier alpha value is -6.62. The number of hydrogen-bond donors (Lipinski definition) is 0. The highest BCUT2D eigenvalue weighted by Crippen LogP contribution is 2.47. The van der Waals surface area contributed by atoms with Crippen molar-refractivity contribution < 1.29 is 0 Å². The molecule has 4 heteroatoms. The molecule has 0 aliphatic heterocycles. The van der Waals surface area contributed by atoms with Gasteiger partial charge in [-0.15, -0.1) is 0 Å². The van der Waals surface area contributed by atoms with Crippen LogP contribution in [-0.2, 0) is 12.8 Å². The first-order valence-electron chi connectivity index (χ1n) is 16.1. The lowest BCUT2D eigenvalue weighted by atomic mass is 9.91. The summed E-state index contributed by atoms with van der Waals surface area (Å²) in [5.41, 5.74) is 8.39. The summed E-state index contributed by atoms with van der Waals surface area (Å²) in [5, 5.41) is 25.7. The van der Waals surface area contributed by atoms with Gasteiger partial charge in [0.05, 0.1) is 36.4 Å². The fraction of sp³-hybridized carbons (Fsp3) is 0.0455. The molecular formula is C44H30N4. The second-order valence-corrected chi connectivity index (χ2v) is 11.9. The van der Waals surface area contributed by atoms with E-state index in [-0.39, 0.29) is 0 Å². The van der Waals surface area contributed by atoms with E-state index in [9.17, 15) is 10.5 Å². The summed E-state index contributed by atoms with van der Waals surface area (Å²) in [6.45, 7) is 0. The lowest BCUT2D eigenvalue weighted by Gasteiger charge is -2.29. The average molecular weight is 615 g/mol. The van der Waals surface area contributed by atoms with E-state index in [1.54, 1.807) is 0 Å². The van der Waals surface area contributed by atoms with Gasteiger partial charge in [0.2, 0.25) is 0 Å². The maximum absolute atomic E-state index is 9.25. The van der Waals surface area contributed by atoms with Crippen LogP contribution in [0, 0.1) is 22.7 Å². The SMILES string of the molecule is N#CCc1ccc(N(c2ccccc2)c2ccc3ccc4c(N(c5ccccc5)c5ccc(CC#N)cc5)ccc5ccc2c3c54)cc1. The number of benzene rings is 8. The number of rotatable bonds is 8. The van der Waals surface area contributed by atoms with Crippen LogP contribution < -0.4 is 9.80 Å². The topological polar surface area (TPSA) is 54.1 Å². The molecule has 0 atom stereocenters. The van der Waals surface area contributed by atoms with Crippen molar-refractivity contribution in [1.82, 2.24) is 0 Å². The van der Waals surface area contributed by atoms with E-state index in [4.69, 9.17) is 0 Å². The Kier molecular flexibility index (Phi) is 7.38. The van der Waals surface area contributed by atoms with Crippen LogP contribution in [0.15, 0.2) is 158 Å². The Morgan fingerprint density at radius 2 is 0.729 bits per heavy atom. The van der Waals surface area contributed by atoms with Crippen LogP contribution in [0.5, 0.6) is 0 Å². The zero-order valence-electron chi connectivity index (χ0n) is 26.2. The normalized spacial score (nSPS) is 11.0. The highest BCUT2D eigenvalue weighted by Gasteiger charge is 2.21. The summed E-state index contributed by atoms with van der Waals surface area (Å²) in [6, 6.07) is 59.9. The minimum atomic E-state index is 0.386. The quantitative estimate of drug-likeness (QED) is 0.160. The van der Waals surface area contributed by atoms with E-state index in [0.29, 0.717) is 12.8 Å². The van der Waals surface area contributed by atoms with Gasteiger partial charge in [0, 0.05) is 33.5 Å². The molecule has 226 valence electrons. The van der Waals surface area contributed by atoms with E-state index in [1.807, 2.05) is 36.4 Å². The van der Waals surface area contributed by atoms with Crippen LogP contribution in [0.2, 0.25) is 0 Å². The monoisotopic (exact) mass is 614 g/mol. The molecule has 0 N–H and O–H groups in total. The molecule has 0 radical (unpaired) electrons. The van der Waals surface area contributed by atoms with Gasteiger partial charge in [-0.1, -0.05) is 97.1 Å². The van der Waals surface area contributed by atoms with E-state index in [1.165, 1.54) is 32.3 Å². The molecule has 8 rings (SSSR count). The first-order chi connectivity index (χ1) is 23.7. The van der Waals surface area contributed by atoms with E-state index < -0.39 is 0 Å². The number of nitriles is 2. The van der Waals surface area contributed by atoms with Crippen LogP contribution in [-0.4, -0.2) is 0 Å². The summed E-state index contributed by atoms with van der Waals surface area (Å²) in [4.78, 5) is 4.62. The Labute approximate surface area is 279 Å². The zero-order valence-corrected chi connectivity index (χ0v) is 26.2. The van der Waals surface area contributed by atoms with Gasteiger partial charge in [0.15, 0.2) is 0 Å². The standard InChI is InChI=1S/C44H30N4/c45-29-27-31-11-19-37(20-12-31)47(35-7-3-1-4-8-35)41-25-17-33-16-24-40-42(26-18-34-15-23-39(41)43(33)44(34)40)48(36-9-5-2-6-10-36)38-21-13-32(14-22-38)28-30-46/h1-26H,27-28H2. The molecule has 0 aliphatic carbocycles. The molecule has 0 amide bonds. The number of nitrogens with zero attached hydrogens (tertiary/aromatic N) is 4. The largest absolute Gasteiger partial charge is 0.310 e. The molecule has 0 spiro atoms. The van der Waals surface area contributed by atoms with Crippen molar-refractivity contribution in [2.24, 2.45) is 0 Å². The van der Waals surface area contributed by atoms with Gasteiger partial charge in [-0.2, -0.15) is 10.5 Å². The third-order valence-electron chi connectivity index (χ3n) is 9.08. The predicted octanol–water partition coefficient (Wildman–Crippen LogP) is 11.7. The smallest absolute Gasteiger partial charge is 0.0669 e. The molecule has 0 aliphatic rings. The van der Waals surface area contributed by atoms with Crippen LogP contribution in [0.3, 0.4) is 0 Å². The summed E-state index contributed by atoms with van der Waals surface area (Å²) in [6.07, 6.45) is 0.771. The number of para-hydroxylation sites is 2. The van der Waals surface area contributed by atoms with Gasteiger partial charge in [0.25, 0.3) is 0 Å². The molecular weight excluding hydrogens is 585 g/mol.